The van der Waals surface area contributed by atoms with Crippen molar-refractivity contribution in [3.63, 3.8) is 0 Å². The summed E-state index contributed by atoms with van der Waals surface area (Å²) in [6.07, 6.45) is 8.65. The van der Waals surface area contributed by atoms with Crippen molar-refractivity contribution in [3.05, 3.63) is 38.2 Å². The number of hydrogen-bond acceptors (Lipinski definition) is 4. The van der Waals surface area contributed by atoms with Crippen LogP contribution in [0.15, 0.2) is 15.7 Å². The molecule has 144 valence electrons. The third-order valence-corrected chi connectivity index (χ3v) is 5.72. The number of carbonyl (C=O) groups excluding carboxylic acids is 1. The van der Waals surface area contributed by atoms with Crippen LogP contribution >= 0.6 is 0 Å². The Morgan fingerprint density at radius 1 is 1.19 bits per heavy atom. The quantitative estimate of drug-likeness (QED) is 0.808. The van der Waals surface area contributed by atoms with Crippen LogP contribution in [0, 0.1) is 0 Å². The summed E-state index contributed by atoms with van der Waals surface area (Å²) >= 11 is 0. The van der Waals surface area contributed by atoms with Gasteiger partial charge in [-0.3, -0.25) is 19.1 Å². The number of carbonyl (C=O) groups is 1. The van der Waals surface area contributed by atoms with Gasteiger partial charge in [-0.2, -0.15) is 0 Å². The maximum absolute atomic E-state index is 13.1. The lowest BCUT2D eigenvalue weighted by molar-refractivity contribution is 0.0934. The van der Waals surface area contributed by atoms with Crippen LogP contribution < -0.4 is 16.6 Å². The highest BCUT2D eigenvalue weighted by Crippen LogP contribution is 2.39. The van der Waals surface area contributed by atoms with Gasteiger partial charge in [0.05, 0.1) is 10.9 Å². The smallest absolute Gasteiger partial charge is 0.329 e. The minimum Gasteiger partial charge on any atom is -0.349 e. The molecule has 0 atom stereocenters. The monoisotopic (exact) mass is 370 g/mol. The van der Waals surface area contributed by atoms with Gasteiger partial charge in [0.25, 0.3) is 11.5 Å². The molecule has 0 radical (unpaired) electrons. The Morgan fingerprint density at radius 3 is 2.52 bits per heavy atom. The van der Waals surface area contributed by atoms with E-state index in [1.165, 1.54) is 17.4 Å². The number of fused-ring (bicyclic) bond motifs is 1. The first-order valence-electron chi connectivity index (χ1n) is 10.1. The Bertz CT molecular complexity index is 979. The Morgan fingerprint density at radius 2 is 1.89 bits per heavy atom. The molecule has 2 aliphatic rings. The molecule has 2 aliphatic carbocycles. The normalized spacial score (nSPS) is 18.4. The molecule has 1 amide bonds. The maximum atomic E-state index is 13.1. The van der Waals surface area contributed by atoms with Crippen LogP contribution in [0.3, 0.4) is 0 Å². The van der Waals surface area contributed by atoms with Crippen LogP contribution in [0.25, 0.3) is 11.0 Å². The molecule has 7 heteroatoms. The number of nitrogens with one attached hydrogen (secondary N) is 2. The molecule has 0 aliphatic heterocycles. The Kier molecular flexibility index (Phi) is 4.85. The van der Waals surface area contributed by atoms with E-state index in [1.807, 2.05) is 6.92 Å². The molecule has 2 heterocycles. The number of aryl methyl sites for hydroxylation is 1. The van der Waals surface area contributed by atoms with Gasteiger partial charge in [0.1, 0.15) is 0 Å². The Labute approximate surface area is 157 Å². The molecule has 2 N–H and O–H groups in total. The summed E-state index contributed by atoms with van der Waals surface area (Å²) in [4.78, 5) is 44.8. The highest BCUT2D eigenvalue weighted by atomic mass is 16.2. The zero-order valence-corrected chi connectivity index (χ0v) is 15.7. The number of hydrogen-bond donors (Lipinski definition) is 2. The lowest BCUT2D eigenvalue weighted by atomic mass is 10.1. The zero-order chi connectivity index (χ0) is 19.0. The molecule has 4 rings (SSSR count). The first kappa shape index (κ1) is 17.9. The van der Waals surface area contributed by atoms with Gasteiger partial charge < -0.3 is 5.32 Å². The van der Waals surface area contributed by atoms with Crippen molar-refractivity contribution in [1.29, 1.82) is 0 Å². The van der Waals surface area contributed by atoms with E-state index in [-0.39, 0.29) is 17.3 Å². The summed E-state index contributed by atoms with van der Waals surface area (Å²) in [5.74, 6) is 0.0847. The van der Waals surface area contributed by atoms with Crippen LogP contribution in [0.4, 0.5) is 0 Å². The van der Waals surface area contributed by atoms with Crippen molar-refractivity contribution in [2.24, 2.45) is 0 Å². The molecule has 0 unspecified atom stereocenters. The molecule has 0 bridgehead atoms. The van der Waals surface area contributed by atoms with Crippen LogP contribution in [-0.2, 0) is 6.54 Å². The molecule has 0 spiro atoms. The SMILES string of the molecule is CCn1c(=O)[nH]c(=O)c2c(C(=O)NC3CCCCCC3)cc(C3CC3)nc21. The van der Waals surface area contributed by atoms with E-state index in [0.717, 1.165) is 44.2 Å². The van der Waals surface area contributed by atoms with Gasteiger partial charge in [-0.05, 0) is 38.7 Å². The maximum Gasteiger partial charge on any atom is 0.329 e. The third-order valence-electron chi connectivity index (χ3n) is 5.72. The lowest BCUT2D eigenvalue weighted by Crippen LogP contribution is -2.37. The number of H-pyrrole nitrogens is 1. The van der Waals surface area contributed by atoms with Gasteiger partial charge >= 0.3 is 5.69 Å². The van der Waals surface area contributed by atoms with Gasteiger partial charge in [0.15, 0.2) is 5.65 Å². The van der Waals surface area contributed by atoms with Gasteiger partial charge in [-0.1, -0.05) is 25.7 Å². The molecule has 2 saturated carbocycles. The highest BCUT2D eigenvalue weighted by Gasteiger charge is 2.29. The topological polar surface area (TPSA) is 96.9 Å². The van der Waals surface area contributed by atoms with E-state index >= 15 is 0 Å². The largest absolute Gasteiger partial charge is 0.349 e. The standard InChI is InChI=1S/C20H26N4O3/c1-2-24-17-16(19(26)23-20(24)27)14(11-15(22-17)12-9-10-12)18(25)21-13-7-5-3-4-6-8-13/h11-13H,2-10H2,1H3,(H,21,25)(H,23,26,27). The number of pyridine rings is 1. The average Bonchev–Trinajstić information content (AvgIpc) is 3.49. The second kappa shape index (κ2) is 7.29. The van der Waals surface area contributed by atoms with E-state index in [0.29, 0.717) is 23.7 Å². The number of rotatable bonds is 4. The van der Waals surface area contributed by atoms with E-state index in [2.05, 4.69) is 15.3 Å². The van der Waals surface area contributed by atoms with Crippen LogP contribution in [0.1, 0.15) is 80.3 Å². The van der Waals surface area contributed by atoms with Crippen molar-refractivity contribution in [3.8, 4) is 0 Å². The molecule has 2 aromatic heterocycles. The van der Waals surface area contributed by atoms with Crippen molar-refractivity contribution < 1.29 is 4.79 Å². The van der Waals surface area contributed by atoms with Crippen molar-refractivity contribution in [1.82, 2.24) is 19.9 Å². The minimum atomic E-state index is -0.541. The van der Waals surface area contributed by atoms with Gasteiger partial charge in [0, 0.05) is 24.2 Å². The molecule has 2 aromatic rings. The predicted octanol–water partition coefficient (Wildman–Crippen LogP) is 2.43. The summed E-state index contributed by atoms with van der Waals surface area (Å²) < 4.78 is 1.44. The summed E-state index contributed by atoms with van der Waals surface area (Å²) in [5, 5.41) is 3.34. The molecule has 7 nitrogen and oxygen atoms in total. The van der Waals surface area contributed by atoms with E-state index in [9.17, 15) is 14.4 Å². The molecule has 0 saturated heterocycles. The Balaban J connectivity index is 1.81. The molecular weight excluding hydrogens is 344 g/mol. The first-order valence-corrected chi connectivity index (χ1v) is 10.1. The Hall–Kier alpha value is -2.44. The summed E-state index contributed by atoms with van der Waals surface area (Å²) in [6, 6.07) is 1.90. The highest BCUT2D eigenvalue weighted by molar-refractivity contribution is 6.05. The second-order valence-corrected chi connectivity index (χ2v) is 7.73. The van der Waals surface area contributed by atoms with Crippen molar-refractivity contribution in [2.45, 2.75) is 76.8 Å². The van der Waals surface area contributed by atoms with Crippen LogP contribution in [0.5, 0.6) is 0 Å². The molecular formula is C20H26N4O3. The summed E-state index contributed by atoms with van der Waals surface area (Å²) in [5.41, 5.74) is 0.447. The first-order chi connectivity index (χ1) is 13.1. The van der Waals surface area contributed by atoms with E-state index in [1.54, 1.807) is 6.07 Å². The number of aromatic nitrogens is 3. The number of nitrogens with zero attached hydrogens (tertiary/aromatic N) is 2. The third kappa shape index (κ3) is 3.55. The number of amides is 1. The fourth-order valence-electron chi connectivity index (χ4n) is 4.04. The molecule has 0 aromatic carbocycles. The van der Waals surface area contributed by atoms with Gasteiger partial charge in [0.2, 0.25) is 0 Å². The van der Waals surface area contributed by atoms with E-state index < -0.39 is 11.2 Å². The zero-order valence-electron chi connectivity index (χ0n) is 15.7. The van der Waals surface area contributed by atoms with E-state index in [4.69, 9.17) is 0 Å². The lowest BCUT2D eigenvalue weighted by Gasteiger charge is -2.18. The van der Waals surface area contributed by atoms with Crippen molar-refractivity contribution in [2.75, 3.05) is 0 Å². The molecule has 27 heavy (non-hydrogen) atoms. The summed E-state index contributed by atoms with van der Waals surface area (Å²) in [7, 11) is 0. The van der Waals surface area contributed by atoms with Gasteiger partial charge in [-0.15, -0.1) is 0 Å². The fourth-order valence-corrected chi connectivity index (χ4v) is 4.04. The average molecular weight is 370 g/mol. The fraction of sp³-hybridized carbons (Fsp3) is 0.600. The summed E-state index contributed by atoms with van der Waals surface area (Å²) in [6.45, 7) is 2.22. The minimum absolute atomic E-state index is 0.142. The van der Waals surface area contributed by atoms with Crippen LogP contribution in [0.2, 0.25) is 0 Å². The molecule has 2 fully saturated rings. The predicted molar refractivity (Wildman–Crippen MR) is 103 cm³/mol. The van der Waals surface area contributed by atoms with Crippen LogP contribution in [-0.4, -0.2) is 26.5 Å². The van der Waals surface area contributed by atoms with Crippen molar-refractivity contribution >= 4 is 16.9 Å². The second-order valence-electron chi connectivity index (χ2n) is 7.73. The number of aromatic amines is 1. The van der Waals surface area contributed by atoms with Gasteiger partial charge in [-0.25, -0.2) is 9.78 Å².